The third-order valence-corrected chi connectivity index (χ3v) is 5.49. The van der Waals surface area contributed by atoms with Crippen LogP contribution < -0.4 is 15.0 Å². The SMILES string of the molecule is COC(=O)c1ccc(OCC(O)Nc2cc(N3C(O)C=C(C(F)(F)F)N(C)C3O)c(F)cc2Cl)cc1. The predicted molar refractivity (Wildman–Crippen MR) is 121 cm³/mol. The van der Waals surface area contributed by atoms with Gasteiger partial charge in [-0.05, 0) is 42.5 Å². The number of nitrogens with one attached hydrogen (secondary N) is 1. The van der Waals surface area contributed by atoms with Crippen LogP contribution in [-0.2, 0) is 4.74 Å². The van der Waals surface area contributed by atoms with Crippen LogP contribution in [0.1, 0.15) is 10.4 Å². The molecule has 36 heavy (non-hydrogen) atoms. The summed E-state index contributed by atoms with van der Waals surface area (Å²) >= 11 is 6.03. The number of esters is 1. The van der Waals surface area contributed by atoms with E-state index in [1.165, 1.54) is 31.4 Å². The summed E-state index contributed by atoms with van der Waals surface area (Å²) in [6.07, 6.45) is -9.94. The van der Waals surface area contributed by atoms with E-state index in [1.807, 2.05) is 0 Å². The van der Waals surface area contributed by atoms with Gasteiger partial charge in [0.1, 0.15) is 23.9 Å². The normalized spacial score (nSPS) is 19.0. The van der Waals surface area contributed by atoms with Crippen molar-refractivity contribution < 1.29 is 47.1 Å². The largest absolute Gasteiger partial charge is 0.489 e. The Bertz CT molecular complexity index is 1130. The molecular formula is C22H22ClF4N3O6. The smallest absolute Gasteiger partial charge is 0.431 e. The van der Waals surface area contributed by atoms with Crippen molar-refractivity contribution in [3.8, 4) is 5.75 Å². The number of allylic oxidation sites excluding steroid dienone is 1. The van der Waals surface area contributed by atoms with Crippen molar-refractivity contribution in [2.45, 2.75) is 25.0 Å². The molecular weight excluding hydrogens is 514 g/mol. The Hall–Kier alpha value is -3.26. The van der Waals surface area contributed by atoms with E-state index >= 15 is 0 Å². The van der Waals surface area contributed by atoms with E-state index in [2.05, 4.69) is 10.1 Å². The lowest BCUT2D eigenvalue weighted by Crippen LogP contribution is -2.56. The average Bonchev–Trinajstić information content (AvgIpc) is 2.82. The number of nitrogens with zero attached hydrogens (tertiary/aromatic N) is 2. The molecule has 2 aromatic rings. The summed E-state index contributed by atoms with van der Waals surface area (Å²) in [5.74, 6) is -1.27. The van der Waals surface area contributed by atoms with E-state index in [0.717, 1.165) is 19.2 Å². The highest BCUT2D eigenvalue weighted by Gasteiger charge is 2.45. The number of benzene rings is 2. The summed E-state index contributed by atoms with van der Waals surface area (Å²) in [7, 11) is 2.16. The van der Waals surface area contributed by atoms with Gasteiger partial charge in [-0.15, -0.1) is 0 Å². The highest BCUT2D eigenvalue weighted by atomic mass is 35.5. The minimum atomic E-state index is -4.86. The number of halogens is 5. The first kappa shape index (κ1) is 27.3. The van der Waals surface area contributed by atoms with Gasteiger partial charge in [0, 0.05) is 7.05 Å². The molecule has 3 unspecified atom stereocenters. The molecule has 14 heteroatoms. The number of aliphatic hydroxyl groups excluding tert-OH is 3. The molecule has 0 saturated heterocycles. The second-order valence-corrected chi connectivity index (χ2v) is 8.01. The number of hydrogen-bond acceptors (Lipinski definition) is 9. The van der Waals surface area contributed by atoms with Crippen LogP contribution in [-0.4, -0.2) is 71.9 Å². The average molecular weight is 536 g/mol. The highest BCUT2D eigenvalue weighted by molar-refractivity contribution is 6.33. The van der Waals surface area contributed by atoms with Crippen LogP contribution in [0.3, 0.4) is 0 Å². The van der Waals surface area contributed by atoms with Crippen LogP contribution >= 0.6 is 11.6 Å². The fraction of sp³-hybridized carbons (Fsp3) is 0.318. The van der Waals surface area contributed by atoms with Gasteiger partial charge >= 0.3 is 12.1 Å². The molecule has 4 N–H and O–H groups in total. The molecule has 1 aliphatic heterocycles. The van der Waals surface area contributed by atoms with Gasteiger partial charge in [-0.25, -0.2) is 9.18 Å². The predicted octanol–water partition coefficient (Wildman–Crippen LogP) is 2.87. The first-order valence-electron chi connectivity index (χ1n) is 10.2. The zero-order valence-electron chi connectivity index (χ0n) is 18.8. The van der Waals surface area contributed by atoms with Crippen molar-refractivity contribution in [1.29, 1.82) is 0 Å². The van der Waals surface area contributed by atoms with Crippen LogP contribution in [0.25, 0.3) is 0 Å². The van der Waals surface area contributed by atoms with Gasteiger partial charge < -0.3 is 35.0 Å². The van der Waals surface area contributed by atoms with Crippen molar-refractivity contribution in [1.82, 2.24) is 4.90 Å². The van der Waals surface area contributed by atoms with Crippen LogP contribution in [0.4, 0.5) is 28.9 Å². The zero-order chi connectivity index (χ0) is 26.8. The molecule has 0 aliphatic carbocycles. The summed E-state index contributed by atoms with van der Waals surface area (Å²) in [6, 6.07) is 7.67. The molecule has 196 valence electrons. The number of methoxy groups -OCH3 is 1. The number of carbonyl (C=O) groups excluding carboxylic acids is 1. The van der Waals surface area contributed by atoms with Gasteiger partial charge in [-0.2, -0.15) is 13.2 Å². The lowest BCUT2D eigenvalue weighted by molar-refractivity contribution is -0.133. The topological polar surface area (TPSA) is 115 Å². The molecule has 0 radical (unpaired) electrons. The van der Waals surface area contributed by atoms with E-state index in [4.69, 9.17) is 16.3 Å². The quantitative estimate of drug-likeness (QED) is 0.241. The number of rotatable bonds is 7. The molecule has 1 aliphatic rings. The third kappa shape index (κ3) is 5.93. The Labute approximate surface area is 207 Å². The van der Waals surface area contributed by atoms with E-state index in [0.29, 0.717) is 27.2 Å². The number of hydrogen-bond donors (Lipinski definition) is 4. The standard InChI is InChI=1S/C22H22ClF4N3O6/c1-29-17(22(25,26)27)9-19(32)30(21(29)34)16-8-15(13(23)7-14(16)24)28-18(31)10-36-12-5-3-11(4-6-12)20(33)35-2/h3-9,18-19,21,28,31-32,34H,10H2,1-2H3. The molecule has 1 heterocycles. The number of anilines is 2. The van der Waals surface area contributed by atoms with Gasteiger partial charge in [0.25, 0.3) is 0 Å². The van der Waals surface area contributed by atoms with Crippen molar-refractivity contribution in [3.05, 3.63) is 64.6 Å². The summed E-state index contributed by atoms with van der Waals surface area (Å²) < 4.78 is 64.2. The summed E-state index contributed by atoms with van der Waals surface area (Å²) in [4.78, 5) is 12.5. The monoisotopic (exact) mass is 535 g/mol. The van der Waals surface area contributed by atoms with Gasteiger partial charge in [0.2, 0.25) is 6.35 Å². The number of carbonyl (C=O) groups is 1. The Balaban J connectivity index is 1.75. The zero-order valence-corrected chi connectivity index (χ0v) is 19.6. The highest BCUT2D eigenvalue weighted by Crippen LogP contribution is 2.38. The van der Waals surface area contributed by atoms with Gasteiger partial charge in [-0.1, -0.05) is 11.6 Å². The van der Waals surface area contributed by atoms with Crippen LogP contribution in [0.15, 0.2) is 48.2 Å². The fourth-order valence-electron chi connectivity index (χ4n) is 3.40. The third-order valence-electron chi connectivity index (χ3n) is 5.18. The van der Waals surface area contributed by atoms with E-state index < -0.39 is 48.2 Å². The van der Waals surface area contributed by atoms with Crippen LogP contribution in [0.5, 0.6) is 5.75 Å². The Kier molecular flexibility index (Phi) is 8.19. The molecule has 9 nitrogen and oxygen atoms in total. The van der Waals surface area contributed by atoms with E-state index in [9.17, 15) is 37.7 Å². The van der Waals surface area contributed by atoms with Gasteiger partial charge in [0.15, 0.2) is 12.5 Å². The molecule has 0 fully saturated rings. The maximum Gasteiger partial charge on any atom is 0.431 e. The molecule has 3 atom stereocenters. The molecule has 0 amide bonds. The van der Waals surface area contributed by atoms with Gasteiger partial charge in [-0.3, -0.25) is 4.90 Å². The van der Waals surface area contributed by atoms with Crippen molar-refractivity contribution >= 4 is 28.9 Å². The van der Waals surface area contributed by atoms with E-state index in [-0.39, 0.29) is 17.3 Å². The first-order chi connectivity index (χ1) is 16.8. The van der Waals surface area contributed by atoms with E-state index in [1.54, 1.807) is 0 Å². The Morgan fingerprint density at radius 3 is 2.44 bits per heavy atom. The molecule has 0 saturated carbocycles. The number of ether oxygens (including phenoxy) is 2. The van der Waals surface area contributed by atoms with Crippen molar-refractivity contribution in [2.75, 3.05) is 31.0 Å². The fourth-order valence-corrected chi connectivity index (χ4v) is 3.60. The van der Waals surface area contributed by atoms with Gasteiger partial charge in [0.05, 0.1) is 29.1 Å². The maximum atomic E-state index is 14.7. The minimum absolute atomic E-state index is 0.0575. The van der Waals surface area contributed by atoms with Crippen molar-refractivity contribution in [3.63, 3.8) is 0 Å². The number of aliphatic hydroxyl groups is 3. The first-order valence-corrected chi connectivity index (χ1v) is 10.6. The molecule has 0 aromatic heterocycles. The minimum Gasteiger partial charge on any atom is -0.489 e. The Morgan fingerprint density at radius 2 is 1.86 bits per heavy atom. The van der Waals surface area contributed by atoms with Crippen LogP contribution in [0, 0.1) is 5.82 Å². The molecule has 3 rings (SSSR count). The molecule has 0 bridgehead atoms. The summed E-state index contributed by atoms with van der Waals surface area (Å²) in [5.41, 5.74) is -1.56. The second-order valence-electron chi connectivity index (χ2n) is 7.60. The summed E-state index contributed by atoms with van der Waals surface area (Å²) in [6.45, 7) is -0.323. The summed E-state index contributed by atoms with van der Waals surface area (Å²) in [5, 5.41) is 33.3. The lowest BCUT2D eigenvalue weighted by atomic mass is 10.2. The second kappa shape index (κ2) is 10.8. The molecule has 0 spiro atoms. The molecule has 2 aromatic carbocycles. The number of alkyl halides is 3. The lowest BCUT2D eigenvalue weighted by Gasteiger charge is -2.43. The van der Waals surface area contributed by atoms with Crippen molar-refractivity contribution in [2.24, 2.45) is 0 Å². The Morgan fingerprint density at radius 1 is 1.22 bits per heavy atom. The maximum absolute atomic E-state index is 14.7. The van der Waals surface area contributed by atoms with Crippen LogP contribution in [0.2, 0.25) is 5.02 Å².